The molecule has 6 rings (SSSR count). The molecular weight excluding hydrogens is 541 g/mol. The Balaban J connectivity index is 1.43. The van der Waals surface area contributed by atoms with Crippen LogP contribution in [0.4, 0.5) is 13.2 Å². The fourth-order valence-electron chi connectivity index (χ4n) is 7.69. The molecule has 0 heterocycles. The number of halogens is 3. The number of hydrogen-bond donors (Lipinski definition) is 1. The van der Waals surface area contributed by atoms with Gasteiger partial charge in [0.1, 0.15) is 5.75 Å². The van der Waals surface area contributed by atoms with Gasteiger partial charge in [0.25, 0.3) is 0 Å². The molecule has 4 aliphatic rings. The molecule has 1 N–H and O–H groups in total. The fourth-order valence-corrected chi connectivity index (χ4v) is 8.71. The van der Waals surface area contributed by atoms with Crippen molar-refractivity contribution < 1.29 is 27.5 Å². The SMILES string of the molecule is CC(C)(C)[Si](C)(C)Oc1cc(CCC=C(C(=O)O)c2cccc(C(F)(F)F)c2)ccc1C12CC3CC(CC(C3)C1)C2. The van der Waals surface area contributed by atoms with E-state index in [-0.39, 0.29) is 21.6 Å². The average molecular weight is 585 g/mol. The second kappa shape index (κ2) is 10.6. The third-order valence-corrected chi connectivity index (χ3v) is 14.7. The van der Waals surface area contributed by atoms with E-state index in [1.54, 1.807) is 6.08 Å². The van der Waals surface area contributed by atoms with E-state index >= 15 is 0 Å². The van der Waals surface area contributed by atoms with Gasteiger partial charge in [0.15, 0.2) is 0 Å². The molecule has 0 aliphatic heterocycles. The standard InChI is InChI=1S/C34H43F3O3Si/c1-32(2,3)41(4,5)40-30-17-22(12-13-29(30)33-19-23-14-24(20-33)16-25(15-23)21-33)8-6-11-28(31(38)39)26-9-7-10-27(18-26)34(35,36)37/h7,9-13,17-18,23-25H,6,8,14-16,19-21H2,1-5H3,(H,38,39). The third-order valence-electron chi connectivity index (χ3n) is 10.3. The number of aryl methyl sites for hydroxylation is 1. The number of carbonyl (C=O) groups is 1. The first-order valence-electron chi connectivity index (χ1n) is 15.0. The minimum Gasteiger partial charge on any atom is -0.543 e. The van der Waals surface area contributed by atoms with Crippen LogP contribution in [0.3, 0.4) is 0 Å². The highest BCUT2D eigenvalue weighted by Crippen LogP contribution is 2.62. The maximum absolute atomic E-state index is 13.2. The number of benzene rings is 2. The molecule has 4 aliphatic carbocycles. The van der Waals surface area contributed by atoms with E-state index in [2.05, 4.69) is 52.1 Å². The van der Waals surface area contributed by atoms with Crippen LogP contribution in [0.2, 0.25) is 18.1 Å². The summed E-state index contributed by atoms with van der Waals surface area (Å²) in [5, 5.41) is 9.84. The van der Waals surface area contributed by atoms with Gasteiger partial charge >= 0.3 is 12.1 Å². The Hall–Kier alpha value is -2.54. The Morgan fingerprint density at radius 3 is 2.15 bits per heavy atom. The van der Waals surface area contributed by atoms with Crippen molar-refractivity contribution in [3.05, 3.63) is 70.8 Å². The molecule has 3 nitrogen and oxygen atoms in total. The lowest BCUT2D eigenvalue weighted by Gasteiger charge is -2.57. The lowest BCUT2D eigenvalue weighted by atomic mass is 9.48. The largest absolute Gasteiger partial charge is 0.543 e. The minimum absolute atomic E-state index is 0.0474. The molecule has 4 fully saturated rings. The maximum Gasteiger partial charge on any atom is 0.416 e. The predicted molar refractivity (Wildman–Crippen MR) is 159 cm³/mol. The normalized spacial score (nSPS) is 26.3. The Kier molecular flexibility index (Phi) is 7.76. The topological polar surface area (TPSA) is 46.5 Å². The first-order chi connectivity index (χ1) is 19.1. The quantitative estimate of drug-likeness (QED) is 0.248. The zero-order chi connectivity index (χ0) is 29.8. The Labute approximate surface area is 243 Å². The molecule has 0 radical (unpaired) electrons. The highest BCUT2D eigenvalue weighted by molar-refractivity contribution is 6.74. The molecule has 7 heteroatoms. The highest BCUT2D eigenvalue weighted by atomic mass is 28.4. The van der Waals surface area contributed by atoms with Crippen LogP contribution in [0.1, 0.15) is 88.0 Å². The summed E-state index contributed by atoms with van der Waals surface area (Å²) >= 11 is 0. The van der Waals surface area contributed by atoms with E-state index in [9.17, 15) is 23.1 Å². The van der Waals surface area contributed by atoms with Gasteiger partial charge in [-0.1, -0.05) is 51.1 Å². The molecular formula is C34H43F3O3Si. The van der Waals surface area contributed by atoms with Gasteiger partial charge in [-0.15, -0.1) is 0 Å². The third kappa shape index (κ3) is 6.16. The van der Waals surface area contributed by atoms with E-state index in [0.29, 0.717) is 12.8 Å². The number of aliphatic carboxylic acids is 1. The predicted octanol–water partition coefficient (Wildman–Crippen LogP) is 9.66. The van der Waals surface area contributed by atoms with Crippen LogP contribution in [0.5, 0.6) is 5.75 Å². The number of alkyl halides is 3. The van der Waals surface area contributed by atoms with Gasteiger partial charge in [0, 0.05) is 0 Å². The summed E-state index contributed by atoms with van der Waals surface area (Å²) in [5.41, 5.74) is 1.69. The number of allylic oxidation sites excluding steroid dienone is 1. The molecule has 0 spiro atoms. The molecule has 222 valence electrons. The second-order valence-corrected chi connectivity index (χ2v) is 19.2. The maximum atomic E-state index is 13.2. The van der Waals surface area contributed by atoms with E-state index in [1.807, 2.05) is 0 Å². The van der Waals surface area contributed by atoms with E-state index in [0.717, 1.165) is 41.2 Å². The zero-order valence-electron chi connectivity index (χ0n) is 24.9. The van der Waals surface area contributed by atoms with Crippen molar-refractivity contribution in [2.75, 3.05) is 0 Å². The molecule has 0 saturated heterocycles. The molecule has 2 aromatic carbocycles. The van der Waals surface area contributed by atoms with Crippen molar-refractivity contribution >= 4 is 19.9 Å². The van der Waals surface area contributed by atoms with Crippen LogP contribution in [-0.2, 0) is 22.8 Å². The number of rotatable bonds is 8. The molecule has 0 atom stereocenters. The highest BCUT2D eigenvalue weighted by Gasteiger charge is 2.53. The summed E-state index contributed by atoms with van der Waals surface area (Å²) in [6.07, 6.45) is 5.84. The van der Waals surface area contributed by atoms with E-state index in [1.165, 1.54) is 56.2 Å². The van der Waals surface area contributed by atoms with Gasteiger partial charge in [0.05, 0.1) is 11.1 Å². The first kappa shape index (κ1) is 29.9. The molecule has 4 saturated carbocycles. The van der Waals surface area contributed by atoms with Gasteiger partial charge in [-0.3, -0.25) is 0 Å². The van der Waals surface area contributed by atoms with Crippen molar-refractivity contribution in [2.45, 2.75) is 102 Å². The fraction of sp³-hybridized carbons (Fsp3) is 0.559. The Morgan fingerprint density at radius 2 is 1.61 bits per heavy atom. The van der Waals surface area contributed by atoms with Crippen LogP contribution < -0.4 is 4.43 Å². The Bertz CT molecular complexity index is 1300. The van der Waals surface area contributed by atoms with Gasteiger partial charge < -0.3 is 9.53 Å². The van der Waals surface area contributed by atoms with Crippen LogP contribution in [0.15, 0.2) is 48.5 Å². The van der Waals surface area contributed by atoms with Crippen molar-refractivity contribution in [2.24, 2.45) is 17.8 Å². The van der Waals surface area contributed by atoms with Crippen LogP contribution >= 0.6 is 0 Å². The smallest absolute Gasteiger partial charge is 0.416 e. The Morgan fingerprint density at radius 1 is 1.00 bits per heavy atom. The summed E-state index contributed by atoms with van der Waals surface area (Å²) in [7, 11) is -2.12. The van der Waals surface area contributed by atoms with Crippen molar-refractivity contribution in [1.82, 2.24) is 0 Å². The zero-order valence-corrected chi connectivity index (χ0v) is 25.9. The van der Waals surface area contributed by atoms with Gasteiger partial charge in [-0.2, -0.15) is 13.2 Å². The van der Waals surface area contributed by atoms with Crippen molar-refractivity contribution in [3.63, 3.8) is 0 Å². The molecule has 0 aromatic heterocycles. The van der Waals surface area contributed by atoms with Crippen molar-refractivity contribution in [1.29, 1.82) is 0 Å². The lowest BCUT2D eigenvalue weighted by molar-refractivity contribution is -0.137. The molecule has 4 bridgehead atoms. The number of hydrogen-bond acceptors (Lipinski definition) is 2. The van der Waals surface area contributed by atoms with Gasteiger partial charge in [-0.05, 0) is 128 Å². The summed E-state index contributed by atoms with van der Waals surface area (Å²) < 4.78 is 46.7. The first-order valence-corrected chi connectivity index (χ1v) is 17.9. The van der Waals surface area contributed by atoms with Gasteiger partial charge in [0.2, 0.25) is 8.32 Å². The molecule has 2 aromatic rings. The van der Waals surface area contributed by atoms with Crippen molar-refractivity contribution in [3.8, 4) is 5.75 Å². The van der Waals surface area contributed by atoms with Crippen LogP contribution in [0.25, 0.3) is 5.57 Å². The molecule has 0 amide bonds. The summed E-state index contributed by atoms with van der Waals surface area (Å²) in [6.45, 7) is 11.3. The molecule has 41 heavy (non-hydrogen) atoms. The van der Waals surface area contributed by atoms with Crippen LogP contribution in [-0.4, -0.2) is 19.4 Å². The number of carboxylic acid groups (broad SMARTS) is 1. The van der Waals surface area contributed by atoms with E-state index in [4.69, 9.17) is 4.43 Å². The number of carboxylic acids is 1. The summed E-state index contributed by atoms with van der Waals surface area (Å²) in [6, 6.07) is 11.1. The molecule has 0 unspecified atom stereocenters. The van der Waals surface area contributed by atoms with E-state index < -0.39 is 26.0 Å². The van der Waals surface area contributed by atoms with Gasteiger partial charge in [-0.25, -0.2) is 4.79 Å². The average Bonchev–Trinajstić information content (AvgIpc) is 2.84. The minimum atomic E-state index is -4.53. The second-order valence-electron chi connectivity index (χ2n) is 14.4. The summed E-state index contributed by atoms with van der Waals surface area (Å²) in [5.74, 6) is 2.21. The van der Waals surface area contributed by atoms with Crippen LogP contribution in [0, 0.1) is 17.8 Å². The lowest BCUT2D eigenvalue weighted by Crippen LogP contribution is -2.49. The monoisotopic (exact) mass is 584 g/mol. The summed E-state index contributed by atoms with van der Waals surface area (Å²) in [4.78, 5) is 12.0.